The van der Waals surface area contributed by atoms with Crippen molar-refractivity contribution in [2.45, 2.75) is 12.2 Å². The van der Waals surface area contributed by atoms with E-state index in [-0.39, 0.29) is 21.6 Å². The lowest BCUT2D eigenvalue weighted by Crippen LogP contribution is -2.44. The molecule has 1 amide bonds. The molecule has 0 aromatic carbocycles. The molecule has 0 saturated carbocycles. The first-order valence-corrected chi connectivity index (χ1v) is 7.58. The van der Waals surface area contributed by atoms with Crippen molar-refractivity contribution in [1.82, 2.24) is 15.6 Å². The van der Waals surface area contributed by atoms with Crippen LogP contribution in [0.2, 0.25) is 0 Å². The minimum atomic E-state index is -4.53. The second-order valence-electron chi connectivity index (χ2n) is 4.76. The zero-order chi connectivity index (χ0) is 17.9. The van der Waals surface area contributed by atoms with E-state index in [1.165, 1.54) is 20.2 Å². The van der Waals surface area contributed by atoms with Crippen molar-refractivity contribution in [3.63, 3.8) is 0 Å². The number of ether oxygens (including phenoxy) is 1. The van der Waals surface area contributed by atoms with Crippen LogP contribution in [0.5, 0.6) is 0 Å². The summed E-state index contributed by atoms with van der Waals surface area (Å²) in [5, 5.41) is 5.15. The van der Waals surface area contributed by atoms with E-state index < -0.39 is 29.7 Å². The van der Waals surface area contributed by atoms with Gasteiger partial charge in [0.1, 0.15) is 6.04 Å². The van der Waals surface area contributed by atoms with Gasteiger partial charge in [-0.15, -0.1) is 11.3 Å². The number of rotatable bonds is 5. The van der Waals surface area contributed by atoms with Crippen molar-refractivity contribution >= 4 is 33.4 Å². The number of hydrogen-bond acceptors (Lipinski definition) is 6. The van der Waals surface area contributed by atoms with Gasteiger partial charge in [0.2, 0.25) is 0 Å². The second kappa shape index (κ2) is 7.14. The fraction of sp³-hybridized carbons (Fsp3) is 0.357. The molecule has 6 nitrogen and oxygen atoms in total. The highest BCUT2D eigenvalue weighted by Gasteiger charge is 2.34. The summed E-state index contributed by atoms with van der Waals surface area (Å²) in [6.07, 6.45) is -3.48. The number of alkyl halides is 3. The van der Waals surface area contributed by atoms with Crippen LogP contribution in [0.15, 0.2) is 18.3 Å². The number of thiophene rings is 1. The number of fused-ring (bicyclic) bond motifs is 1. The topological polar surface area (TPSA) is 80.3 Å². The predicted molar refractivity (Wildman–Crippen MR) is 81.8 cm³/mol. The molecule has 130 valence electrons. The van der Waals surface area contributed by atoms with Gasteiger partial charge in [0.05, 0.1) is 27.8 Å². The van der Waals surface area contributed by atoms with Gasteiger partial charge in [-0.3, -0.25) is 14.6 Å². The Kier molecular flexibility index (Phi) is 5.40. The van der Waals surface area contributed by atoms with Crippen molar-refractivity contribution in [3.05, 3.63) is 28.8 Å². The maximum atomic E-state index is 13.0. The average Bonchev–Trinajstić information content (AvgIpc) is 2.97. The molecule has 24 heavy (non-hydrogen) atoms. The molecule has 0 bridgehead atoms. The normalized spacial score (nSPS) is 12.9. The number of nitrogens with one attached hydrogen (secondary N) is 2. The second-order valence-corrected chi connectivity index (χ2v) is 5.81. The van der Waals surface area contributed by atoms with Crippen molar-refractivity contribution in [2.75, 3.05) is 20.7 Å². The van der Waals surface area contributed by atoms with Crippen molar-refractivity contribution in [1.29, 1.82) is 0 Å². The lowest BCUT2D eigenvalue weighted by Gasteiger charge is -2.13. The number of aromatic nitrogens is 1. The van der Waals surface area contributed by atoms with Crippen molar-refractivity contribution in [3.8, 4) is 0 Å². The molecule has 0 radical (unpaired) electrons. The Labute approximate surface area is 139 Å². The standard InChI is InChI=1S/C14H14F3N3O3S/c1-18-9(13(22)23-2)6-20-12(21)10-5-8-11(24-10)7(3-4-19-8)14(15,16)17/h3-5,9,18H,6H2,1-2H3,(H,20,21)/t9-/m1/s1. The van der Waals surface area contributed by atoms with Crippen LogP contribution >= 0.6 is 11.3 Å². The van der Waals surface area contributed by atoms with E-state index in [1.807, 2.05) is 0 Å². The number of carbonyl (C=O) groups excluding carboxylic acids is 2. The van der Waals surface area contributed by atoms with Gasteiger partial charge in [0, 0.05) is 12.7 Å². The molecule has 1 atom stereocenters. The van der Waals surface area contributed by atoms with Crippen LogP contribution in [0.1, 0.15) is 15.2 Å². The van der Waals surface area contributed by atoms with Crippen molar-refractivity contribution < 1.29 is 27.5 Å². The summed E-state index contributed by atoms with van der Waals surface area (Å²) >= 11 is 0.701. The lowest BCUT2D eigenvalue weighted by atomic mass is 10.2. The first-order valence-electron chi connectivity index (χ1n) is 6.77. The summed E-state index contributed by atoms with van der Waals surface area (Å²) in [4.78, 5) is 27.5. The molecular weight excluding hydrogens is 347 g/mol. The summed E-state index contributed by atoms with van der Waals surface area (Å²) in [5.74, 6) is -1.15. The molecule has 0 aliphatic rings. The molecule has 2 N–H and O–H groups in total. The molecule has 0 aliphatic carbocycles. The fourth-order valence-corrected chi connectivity index (χ4v) is 3.07. The van der Waals surface area contributed by atoms with Crippen molar-refractivity contribution in [2.24, 2.45) is 0 Å². The first-order chi connectivity index (χ1) is 11.3. The molecule has 0 spiro atoms. The van der Waals surface area contributed by atoms with Crippen LogP contribution in [0, 0.1) is 0 Å². The minimum Gasteiger partial charge on any atom is -0.468 e. The Balaban J connectivity index is 2.20. The number of esters is 1. The summed E-state index contributed by atoms with van der Waals surface area (Å²) in [7, 11) is 2.73. The van der Waals surface area contributed by atoms with E-state index >= 15 is 0 Å². The zero-order valence-electron chi connectivity index (χ0n) is 12.7. The molecule has 0 unspecified atom stereocenters. The molecular formula is C14H14F3N3O3S. The van der Waals surface area contributed by atoms with Gasteiger partial charge >= 0.3 is 12.1 Å². The first kappa shape index (κ1) is 18.1. The number of methoxy groups -OCH3 is 1. The largest absolute Gasteiger partial charge is 0.468 e. The number of carbonyl (C=O) groups is 2. The number of nitrogens with zero attached hydrogens (tertiary/aromatic N) is 1. The number of halogens is 3. The summed E-state index contributed by atoms with van der Waals surface area (Å²) in [6.45, 7) is -0.0597. The summed E-state index contributed by atoms with van der Waals surface area (Å²) in [6, 6.07) is 1.41. The molecule has 0 saturated heterocycles. The van der Waals surface area contributed by atoms with Gasteiger partial charge in [-0.2, -0.15) is 13.2 Å². The van der Waals surface area contributed by atoms with E-state index in [4.69, 9.17) is 0 Å². The molecule has 10 heteroatoms. The highest BCUT2D eigenvalue weighted by molar-refractivity contribution is 7.21. The Morgan fingerprint density at radius 3 is 2.71 bits per heavy atom. The highest BCUT2D eigenvalue weighted by Crippen LogP contribution is 2.37. The Hall–Kier alpha value is -2.20. The van der Waals surface area contributed by atoms with Gasteiger partial charge in [0.15, 0.2) is 0 Å². The number of likely N-dealkylation sites (N-methyl/N-ethyl adjacent to an activating group) is 1. The highest BCUT2D eigenvalue weighted by atomic mass is 32.1. The minimum absolute atomic E-state index is 0.0597. The van der Waals surface area contributed by atoms with E-state index in [9.17, 15) is 22.8 Å². The maximum Gasteiger partial charge on any atom is 0.417 e. The maximum absolute atomic E-state index is 13.0. The Bertz CT molecular complexity index is 761. The zero-order valence-corrected chi connectivity index (χ0v) is 13.5. The van der Waals surface area contributed by atoms with E-state index in [0.29, 0.717) is 11.3 Å². The van der Waals surface area contributed by atoms with Gasteiger partial charge in [-0.05, 0) is 19.2 Å². The SMILES string of the molecule is CN[C@H](CNC(=O)c1cc2nccc(C(F)(F)F)c2s1)C(=O)OC. The Morgan fingerprint density at radius 1 is 1.42 bits per heavy atom. The molecule has 0 fully saturated rings. The van der Waals surface area contributed by atoms with Gasteiger partial charge in [0.25, 0.3) is 5.91 Å². The molecule has 2 aromatic heterocycles. The number of hydrogen-bond donors (Lipinski definition) is 2. The average molecular weight is 361 g/mol. The van der Waals surface area contributed by atoms with Crippen LogP contribution in [0.4, 0.5) is 13.2 Å². The van der Waals surface area contributed by atoms with Gasteiger partial charge in [-0.1, -0.05) is 0 Å². The predicted octanol–water partition coefficient (Wildman–Crippen LogP) is 1.81. The molecule has 0 aliphatic heterocycles. The number of amides is 1. The van der Waals surface area contributed by atoms with E-state index in [1.54, 1.807) is 0 Å². The van der Waals surface area contributed by atoms with Gasteiger partial charge in [-0.25, -0.2) is 0 Å². The van der Waals surface area contributed by atoms with E-state index in [0.717, 1.165) is 12.3 Å². The molecule has 2 aromatic rings. The van der Waals surface area contributed by atoms with Crippen LogP contribution in [-0.4, -0.2) is 43.6 Å². The number of pyridine rings is 1. The molecule has 2 rings (SSSR count). The van der Waals surface area contributed by atoms with Gasteiger partial charge < -0.3 is 15.4 Å². The monoisotopic (exact) mass is 361 g/mol. The van der Waals surface area contributed by atoms with Crippen LogP contribution in [-0.2, 0) is 15.7 Å². The third-order valence-corrected chi connectivity index (χ3v) is 4.40. The third-order valence-electron chi connectivity index (χ3n) is 3.24. The molecule has 2 heterocycles. The third kappa shape index (κ3) is 3.82. The smallest absolute Gasteiger partial charge is 0.417 e. The van der Waals surface area contributed by atoms with Crippen LogP contribution in [0.3, 0.4) is 0 Å². The lowest BCUT2D eigenvalue weighted by molar-refractivity contribution is -0.142. The van der Waals surface area contributed by atoms with Crippen LogP contribution < -0.4 is 10.6 Å². The Morgan fingerprint density at radius 2 is 2.12 bits per heavy atom. The fourth-order valence-electron chi connectivity index (χ4n) is 2.00. The summed E-state index contributed by atoms with van der Waals surface area (Å²) < 4.78 is 43.4. The quantitative estimate of drug-likeness (QED) is 0.794. The van der Waals surface area contributed by atoms with E-state index in [2.05, 4.69) is 20.4 Å². The summed E-state index contributed by atoms with van der Waals surface area (Å²) in [5.41, 5.74) is -0.739. The van der Waals surface area contributed by atoms with Crippen LogP contribution in [0.25, 0.3) is 10.2 Å².